The zero-order chi connectivity index (χ0) is 24.9. The summed E-state index contributed by atoms with van der Waals surface area (Å²) in [5, 5.41) is 10.6. The van der Waals surface area contributed by atoms with Crippen molar-refractivity contribution in [2.24, 2.45) is 65.1 Å². The maximum absolute atomic E-state index is 13.2. The molecule has 15 atom stereocenters. The van der Waals surface area contributed by atoms with Crippen LogP contribution in [-0.4, -0.2) is 59.5 Å². The lowest BCUT2D eigenvalue weighted by molar-refractivity contribution is -0.174. The fourth-order valence-electron chi connectivity index (χ4n) is 9.50. The Morgan fingerprint density at radius 3 is 2.09 bits per heavy atom. The number of hydrogen-bond donors (Lipinski definition) is 1. The highest BCUT2D eigenvalue weighted by atomic mass is 16.6. The number of cyclic esters (lactones) is 2. The summed E-state index contributed by atoms with van der Waals surface area (Å²) in [6.45, 7) is 6.15. The number of hydrogen-bond acceptors (Lipinski definition) is 9. The van der Waals surface area contributed by atoms with Crippen molar-refractivity contribution in [2.45, 2.75) is 64.4 Å². The highest BCUT2D eigenvalue weighted by molar-refractivity contribution is 6.40. The van der Waals surface area contributed by atoms with Gasteiger partial charge in [0.2, 0.25) is 11.6 Å². The van der Waals surface area contributed by atoms with Crippen LogP contribution in [0.4, 0.5) is 0 Å². The molecule has 6 aliphatic rings. The molecule has 0 aromatic carbocycles. The lowest BCUT2D eigenvalue weighted by atomic mass is 9.59. The SMILES string of the molecule is CCC1OC2C3CC(C(C)C3C3C(=O)OC(=O)C3C3C(C)C4CC3C(OC=O)C4O)C2C(=O)C1=O. The molecule has 4 bridgehead atoms. The van der Waals surface area contributed by atoms with Crippen LogP contribution in [0.3, 0.4) is 0 Å². The van der Waals surface area contributed by atoms with Crippen LogP contribution < -0.4 is 0 Å². The molecule has 35 heavy (non-hydrogen) atoms. The zero-order valence-electron chi connectivity index (χ0n) is 20.1. The Bertz CT molecular complexity index is 991. The molecule has 9 nitrogen and oxygen atoms in total. The molecular weight excluding hydrogens is 456 g/mol. The van der Waals surface area contributed by atoms with Gasteiger partial charge in [0.15, 0.2) is 0 Å². The molecule has 0 aromatic heterocycles. The molecule has 0 aromatic rings. The monoisotopic (exact) mass is 488 g/mol. The van der Waals surface area contributed by atoms with Gasteiger partial charge in [-0.1, -0.05) is 20.8 Å². The van der Waals surface area contributed by atoms with Crippen LogP contribution in [0.15, 0.2) is 0 Å². The third-order valence-electron chi connectivity index (χ3n) is 10.8. The lowest BCUT2D eigenvalue weighted by Gasteiger charge is -2.46. The van der Waals surface area contributed by atoms with Crippen LogP contribution >= 0.6 is 0 Å². The van der Waals surface area contributed by atoms with Crippen LogP contribution in [-0.2, 0) is 38.2 Å². The van der Waals surface area contributed by atoms with Gasteiger partial charge >= 0.3 is 11.9 Å². The second-order valence-corrected chi connectivity index (χ2v) is 11.7. The van der Waals surface area contributed by atoms with Gasteiger partial charge in [0, 0.05) is 5.92 Å². The van der Waals surface area contributed by atoms with E-state index < -0.39 is 59.9 Å². The van der Waals surface area contributed by atoms with Crippen molar-refractivity contribution in [3.63, 3.8) is 0 Å². The molecule has 6 fully saturated rings. The number of ether oxygens (including phenoxy) is 3. The molecule has 0 spiro atoms. The minimum Gasteiger partial charge on any atom is -0.462 e. The van der Waals surface area contributed by atoms with E-state index in [4.69, 9.17) is 14.2 Å². The quantitative estimate of drug-likeness (QED) is 0.260. The van der Waals surface area contributed by atoms with E-state index in [2.05, 4.69) is 0 Å². The Morgan fingerprint density at radius 1 is 0.886 bits per heavy atom. The van der Waals surface area contributed by atoms with Crippen molar-refractivity contribution in [1.29, 1.82) is 0 Å². The molecule has 4 aliphatic carbocycles. The molecule has 0 radical (unpaired) electrons. The first kappa shape index (κ1) is 23.3. The lowest BCUT2D eigenvalue weighted by Crippen LogP contribution is -2.56. The Labute approximate surface area is 203 Å². The zero-order valence-corrected chi connectivity index (χ0v) is 20.1. The summed E-state index contributed by atoms with van der Waals surface area (Å²) < 4.78 is 16.7. The van der Waals surface area contributed by atoms with Crippen molar-refractivity contribution < 1.29 is 43.3 Å². The summed E-state index contributed by atoms with van der Waals surface area (Å²) in [5.41, 5.74) is 0. The molecule has 2 heterocycles. The van der Waals surface area contributed by atoms with Gasteiger partial charge in [-0.05, 0) is 60.7 Å². The topological polar surface area (TPSA) is 133 Å². The number of carbonyl (C=O) groups is 5. The van der Waals surface area contributed by atoms with E-state index in [0.29, 0.717) is 25.7 Å². The first-order valence-electron chi connectivity index (χ1n) is 13.0. The van der Waals surface area contributed by atoms with E-state index in [0.717, 1.165) is 0 Å². The molecule has 9 heteroatoms. The average Bonchev–Trinajstić information content (AvgIpc) is 3.58. The van der Waals surface area contributed by atoms with Crippen LogP contribution in [0.1, 0.15) is 40.0 Å². The molecular formula is C26H32O9. The molecule has 2 aliphatic heterocycles. The van der Waals surface area contributed by atoms with E-state index in [1.165, 1.54) is 0 Å². The summed E-state index contributed by atoms with van der Waals surface area (Å²) >= 11 is 0. The van der Waals surface area contributed by atoms with Crippen molar-refractivity contribution in [2.75, 3.05) is 0 Å². The number of Topliss-reactive ketones (excluding diaryl/α,β-unsaturated/α-hetero) is 2. The van der Waals surface area contributed by atoms with Gasteiger partial charge in [-0.2, -0.15) is 0 Å². The molecule has 1 N–H and O–H groups in total. The molecule has 0 amide bonds. The largest absolute Gasteiger partial charge is 0.462 e. The molecule has 6 rings (SSSR count). The predicted molar refractivity (Wildman–Crippen MR) is 116 cm³/mol. The number of fused-ring (bicyclic) bond motifs is 7. The Balaban J connectivity index is 1.33. The maximum Gasteiger partial charge on any atom is 0.317 e. The van der Waals surface area contributed by atoms with E-state index >= 15 is 0 Å². The Hall–Kier alpha value is -2.13. The Kier molecular flexibility index (Phi) is 5.28. The molecule has 190 valence electrons. The molecule has 2 saturated heterocycles. The summed E-state index contributed by atoms with van der Waals surface area (Å²) in [7, 11) is 0. The minimum absolute atomic E-state index is 0.0382. The number of esters is 2. The van der Waals surface area contributed by atoms with Gasteiger partial charge in [0.25, 0.3) is 6.47 Å². The maximum atomic E-state index is 13.2. The number of aliphatic hydroxyl groups excluding tert-OH is 1. The summed E-state index contributed by atoms with van der Waals surface area (Å²) in [6.07, 6.45) is -0.919. The van der Waals surface area contributed by atoms with Gasteiger partial charge in [-0.15, -0.1) is 0 Å². The molecule has 15 unspecified atom stereocenters. The normalized spacial score (nSPS) is 54.3. The van der Waals surface area contributed by atoms with Gasteiger partial charge in [0.05, 0.1) is 30.0 Å². The highest BCUT2D eigenvalue weighted by Crippen LogP contribution is 2.64. The van der Waals surface area contributed by atoms with Crippen LogP contribution in [0, 0.1) is 65.1 Å². The Morgan fingerprint density at radius 2 is 1.49 bits per heavy atom. The first-order chi connectivity index (χ1) is 16.7. The number of carbonyl (C=O) groups excluding carboxylic acids is 5. The summed E-state index contributed by atoms with van der Waals surface area (Å²) in [5.74, 6) is -4.78. The van der Waals surface area contributed by atoms with Crippen molar-refractivity contribution >= 4 is 30.0 Å². The first-order valence-corrected chi connectivity index (χ1v) is 13.0. The number of ketones is 2. The smallest absolute Gasteiger partial charge is 0.317 e. The van der Waals surface area contributed by atoms with Crippen LogP contribution in [0.5, 0.6) is 0 Å². The van der Waals surface area contributed by atoms with E-state index in [-0.39, 0.29) is 53.1 Å². The second-order valence-electron chi connectivity index (χ2n) is 11.7. The average molecular weight is 489 g/mol. The van der Waals surface area contributed by atoms with E-state index in [1.807, 2.05) is 20.8 Å². The van der Waals surface area contributed by atoms with Crippen molar-refractivity contribution in [3.05, 3.63) is 0 Å². The third-order valence-corrected chi connectivity index (χ3v) is 10.8. The highest BCUT2D eigenvalue weighted by Gasteiger charge is 2.70. The van der Waals surface area contributed by atoms with Gasteiger partial charge in [-0.25, -0.2) is 0 Å². The van der Waals surface area contributed by atoms with E-state index in [9.17, 15) is 29.1 Å². The minimum atomic E-state index is -0.782. The predicted octanol–water partition coefficient (Wildman–Crippen LogP) is 0.940. The summed E-state index contributed by atoms with van der Waals surface area (Å²) in [6, 6.07) is 0. The van der Waals surface area contributed by atoms with E-state index in [1.54, 1.807) is 0 Å². The molecule has 4 saturated carbocycles. The standard InChI is InChI=1S/C26H32O9/c1-4-14-21(29)22(30)17-10-5-12(23(17)34-14)15(8(10)2)18-19(26(32)35-25(18)31)16-9(3)11-6-13(16)24(20(11)28)33-7-27/h7-20,23-24,28H,4-6H2,1-3H3. The fourth-order valence-corrected chi connectivity index (χ4v) is 9.50. The van der Waals surface area contributed by atoms with Crippen molar-refractivity contribution in [1.82, 2.24) is 0 Å². The van der Waals surface area contributed by atoms with Gasteiger partial charge in [0.1, 0.15) is 12.2 Å². The number of rotatable bonds is 5. The van der Waals surface area contributed by atoms with Gasteiger partial charge < -0.3 is 19.3 Å². The third kappa shape index (κ3) is 2.91. The van der Waals surface area contributed by atoms with Gasteiger partial charge in [-0.3, -0.25) is 24.0 Å². The van der Waals surface area contributed by atoms with Crippen LogP contribution in [0.25, 0.3) is 0 Å². The van der Waals surface area contributed by atoms with Crippen molar-refractivity contribution in [3.8, 4) is 0 Å². The van der Waals surface area contributed by atoms with Crippen LogP contribution in [0.2, 0.25) is 0 Å². The second kappa shape index (κ2) is 7.93. The summed E-state index contributed by atoms with van der Waals surface area (Å²) in [4.78, 5) is 62.9. The fraction of sp³-hybridized carbons (Fsp3) is 0.808. The number of aliphatic hydroxyl groups is 1.